The number of carbonyl (C=O) groups is 2. The van der Waals surface area contributed by atoms with E-state index in [1.807, 2.05) is 0 Å². The number of nitrogens with one attached hydrogen (secondary N) is 1. The number of esters is 1. The normalized spacial score (nSPS) is 10.5. The van der Waals surface area contributed by atoms with Crippen molar-refractivity contribution in [2.24, 2.45) is 0 Å². The minimum absolute atomic E-state index is 0.246. The van der Waals surface area contributed by atoms with Gasteiger partial charge in [0.1, 0.15) is 0 Å². The minimum Gasteiger partial charge on any atom is -0.452 e. The van der Waals surface area contributed by atoms with E-state index in [-0.39, 0.29) is 13.2 Å². The van der Waals surface area contributed by atoms with Crippen LogP contribution in [0.3, 0.4) is 0 Å². The van der Waals surface area contributed by atoms with Crippen LogP contribution in [0.2, 0.25) is 10.0 Å². The van der Waals surface area contributed by atoms with E-state index in [4.69, 9.17) is 27.9 Å². The lowest BCUT2D eigenvalue weighted by atomic mass is 10.2. The predicted molar refractivity (Wildman–Crippen MR) is 74.1 cm³/mol. The Morgan fingerprint density at radius 2 is 2.11 bits per heavy atom. The van der Waals surface area contributed by atoms with Crippen molar-refractivity contribution in [3.63, 3.8) is 0 Å². The summed E-state index contributed by atoms with van der Waals surface area (Å²) in [4.78, 5) is 22.4. The summed E-state index contributed by atoms with van der Waals surface area (Å²) in [7, 11) is 0. The van der Waals surface area contributed by atoms with Crippen molar-refractivity contribution < 1.29 is 14.3 Å². The van der Waals surface area contributed by atoms with Crippen molar-refractivity contribution in [2.75, 3.05) is 6.61 Å². The van der Waals surface area contributed by atoms with Crippen LogP contribution in [0.5, 0.6) is 0 Å². The fourth-order valence-electron chi connectivity index (χ4n) is 1.23. The van der Waals surface area contributed by atoms with E-state index in [1.54, 1.807) is 25.1 Å². The van der Waals surface area contributed by atoms with Gasteiger partial charge in [-0.05, 0) is 24.6 Å². The summed E-state index contributed by atoms with van der Waals surface area (Å²) in [5, 5.41) is 3.59. The molecule has 102 valence electrons. The number of carbonyl (C=O) groups excluding carboxylic acids is 2. The van der Waals surface area contributed by atoms with Crippen molar-refractivity contribution >= 4 is 35.1 Å². The SMILES string of the molecule is C/C=C/C(=O)OCC(=O)NCc1ccc(Cl)cc1Cl. The van der Waals surface area contributed by atoms with Gasteiger partial charge in [-0.25, -0.2) is 4.79 Å². The lowest BCUT2D eigenvalue weighted by Crippen LogP contribution is -2.28. The third-order valence-electron chi connectivity index (χ3n) is 2.14. The van der Waals surface area contributed by atoms with Crippen LogP contribution in [0.15, 0.2) is 30.4 Å². The first-order valence-corrected chi connectivity index (χ1v) is 6.28. The van der Waals surface area contributed by atoms with Gasteiger partial charge in [-0.3, -0.25) is 4.79 Å². The first-order chi connectivity index (χ1) is 9.02. The van der Waals surface area contributed by atoms with Crippen LogP contribution in [-0.2, 0) is 20.9 Å². The molecule has 0 aromatic heterocycles. The second-order valence-corrected chi connectivity index (χ2v) is 4.46. The summed E-state index contributed by atoms with van der Waals surface area (Å²) in [5.74, 6) is -0.953. The van der Waals surface area contributed by atoms with Gasteiger partial charge in [0.05, 0.1) is 0 Å². The molecule has 0 aliphatic carbocycles. The smallest absolute Gasteiger partial charge is 0.330 e. The van der Waals surface area contributed by atoms with Gasteiger partial charge in [-0.1, -0.05) is 35.3 Å². The Kier molecular flexibility index (Phi) is 6.39. The maximum atomic E-state index is 11.4. The average molecular weight is 302 g/mol. The average Bonchev–Trinajstić information content (AvgIpc) is 2.35. The molecule has 19 heavy (non-hydrogen) atoms. The first kappa shape index (κ1) is 15.5. The van der Waals surface area contributed by atoms with Crippen LogP contribution in [0.4, 0.5) is 0 Å². The highest BCUT2D eigenvalue weighted by Gasteiger charge is 2.06. The molecule has 0 bridgehead atoms. The molecule has 0 fully saturated rings. The molecule has 0 unspecified atom stereocenters. The highest BCUT2D eigenvalue weighted by molar-refractivity contribution is 6.35. The Morgan fingerprint density at radius 1 is 1.37 bits per heavy atom. The molecule has 6 heteroatoms. The number of ether oxygens (including phenoxy) is 1. The summed E-state index contributed by atoms with van der Waals surface area (Å²) < 4.78 is 4.69. The zero-order valence-corrected chi connectivity index (χ0v) is 11.8. The fraction of sp³-hybridized carbons (Fsp3) is 0.231. The topological polar surface area (TPSA) is 55.4 Å². The Labute approximate surface area is 121 Å². The van der Waals surface area contributed by atoms with Gasteiger partial charge in [0.15, 0.2) is 6.61 Å². The molecule has 0 radical (unpaired) electrons. The Hall–Kier alpha value is -1.52. The van der Waals surface area contributed by atoms with Crippen LogP contribution in [0.25, 0.3) is 0 Å². The highest BCUT2D eigenvalue weighted by Crippen LogP contribution is 2.20. The fourth-order valence-corrected chi connectivity index (χ4v) is 1.71. The maximum Gasteiger partial charge on any atom is 0.330 e. The van der Waals surface area contributed by atoms with Gasteiger partial charge in [-0.15, -0.1) is 0 Å². The summed E-state index contributed by atoms with van der Waals surface area (Å²) >= 11 is 11.7. The second kappa shape index (κ2) is 7.81. The number of hydrogen-bond acceptors (Lipinski definition) is 3. The maximum absolute atomic E-state index is 11.4. The van der Waals surface area contributed by atoms with Crippen molar-refractivity contribution in [2.45, 2.75) is 13.5 Å². The van der Waals surface area contributed by atoms with Crippen LogP contribution >= 0.6 is 23.2 Å². The molecule has 1 aromatic rings. The predicted octanol–water partition coefficient (Wildman–Crippen LogP) is 2.73. The van der Waals surface area contributed by atoms with E-state index in [1.165, 1.54) is 12.2 Å². The summed E-state index contributed by atoms with van der Waals surface area (Å²) in [6.45, 7) is 1.61. The molecule has 0 atom stereocenters. The quantitative estimate of drug-likeness (QED) is 0.672. The van der Waals surface area contributed by atoms with E-state index in [0.717, 1.165) is 5.56 Å². The van der Waals surface area contributed by atoms with E-state index in [9.17, 15) is 9.59 Å². The molecule has 0 aliphatic rings. The molecule has 4 nitrogen and oxygen atoms in total. The van der Waals surface area contributed by atoms with Crippen LogP contribution in [-0.4, -0.2) is 18.5 Å². The van der Waals surface area contributed by atoms with E-state index < -0.39 is 11.9 Å². The zero-order valence-electron chi connectivity index (χ0n) is 10.3. The summed E-state index contributed by atoms with van der Waals surface area (Å²) in [6, 6.07) is 4.99. The molecule has 0 aliphatic heterocycles. The van der Waals surface area contributed by atoms with Crippen molar-refractivity contribution in [1.29, 1.82) is 0 Å². The van der Waals surface area contributed by atoms with E-state index in [0.29, 0.717) is 10.0 Å². The minimum atomic E-state index is -0.554. The number of halogens is 2. The van der Waals surface area contributed by atoms with Crippen LogP contribution in [0.1, 0.15) is 12.5 Å². The van der Waals surface area contributed by atoms with Gasteiger partial charge in [-0.2, -0.15) is 0 Å². The summed E-state index contributed by atoms with van der Waals surface area (Å²) in [6.07, 6.45) is 2.77. The second-order valence-electron chi connectivity index (χ2n) is 3.62. The molecule has 1 rings (SSSR count). The largest absolute Gasteiger partial charge is 0.452 e. The number of allylic oxidation sites excluding steroid dienone is 1. The molecular formula is C13H13Cl2NO3. The van der Waals surface area contributed by atoms with Crippen LogP contribution in [0, 0.1) is 0 Å². The number of rotatable bonds is 5. The third-order valence-corrected chi connectivity index (χ3v) is 2.73. The first-order valence-electron chi connectivity index (χ1n) is 5.53. The van der Waals surface area contributed by atoms with Gasteiger partial charge in [0.25, 0.3) is 5.91 Å². The third kappa shape index (κ3) is 5.77. The van der Waals surface area contributed by atoms with Gasteiger partial charge < -0.3 is 10.1 Å². The molecule has 1 N–H and O–H groups in total. The standard InChI is InChI=1S/C13H13Cl2NO3/c1-2-3-13(18)19-8-12(17)16-7-9-4-5-10(14)6-11(9)15/h2-6H,7-8H2,1H3,(H,16,17)/b3-2+. The molecule has 1 amide bonds. The molecule has 1 aromatic carbocycles. The highest BCUT2D eigenvalue weighted by atomic mass is 35.5. The molecule has 0 saturated heterocycles. The Bertz CT molecular complexity index is 501. The Morgan fingerprint density at radius 3 is 2.74 bits per heavy atom. The Balaban J connectivity index is 2.40. The zero-order chi connectivity index (χ0) is 14.3. The van der Waals surface area contributed by atoms with Crippen molar-refractivity contribution in [3.8, 4) is 0 Å². The van der Waals surface area contributed by atoms with Crippen LogP contribution < -0.4 is 5.32 Å². The van der Waals surface area contributed by atoms with Crippen molar-refractivity contribution in [3.05, 3.63) is 46.0 Å². The van der Waals surface area contributed by atoms with Crippen molar-refractivity contribution in [1.82, 2.24) is 5.32 Å². The lowest BCUT2D eigenvalue weighted by Gasteiger charge is -2.07. The van der Waals surface area contributed by atoms with E-state index >= 15 is 0 Å². The molecular weight excluding hydrogens is 289 g/mol. The van der Waals surface area contributed by atoms with Gasteiger partial charge in [0, 0.05) is 22.7 Å². The molecule has 0 heterocycles. The number of hydrogen-bond donors (Lipinski definition) is 1. The molecule has 0 saturated carbocycles. The molecule has 0 spiro atoms. The number of benzene rings is 1. The summed E-state index contributed by atoms with van der Waals surface area (Å²) in [5.41, 5.74) is 0.735. The van der Waals surface area contributed by atoms with Gasteiger partial charge >= 0.3 is 5.97 Å². The monoisotopic (exact) mass is 301 g/mol. The van der Waals surface area contributed by atoms with E-state index in [2.05, 4.69) is 5.32 Å². The number of amides is 1. The van der Waals surface area contributed by atoms with Gasteiger partial charge in [0.2, 0.25) is 0 Å². The lowest BCUT2D eigenvalue weighted by molar-refractivity contribution is -0.143.